The summed E-state index contributed by atoms with van der Waals surface area (Å²) in [6.45, 7) is 0. The topological polar surface area (TPSA) is 119 Å². The molecule has 1 aliphatic carbocycles. The van der Waals surface area contributed by atoms with Gasteiger partial charge >= 0.3 is 0 Å². The predicted octanol–water partition coefficient (Wildman–Crippen LogP) is 1.75. The summed E-state index contributed by atoms with van der Waals surface area (Å²) in [4.78, 5) is 12.1. The first kappa shape index (κ1) is 20.5. The average molecular weight is 405 g/mol. The summed E-state index contributed by atoms with van der Waals surface area (Å²) < 4.78 is 54.5. The Morgan fingerprint density at radius 2 is 1.85 bits per heavy atom. The average Bonchev–Trinajstić information content (AvgIpc) is 3.08. The number of carbonyl (C=O) groups is 1. The molecule has 1 amide bonds. The van der Waals surface area contributed by atoms with Gasteiger partial charge < -0.3 is 10.1 Å². The van der Waals surface area contributed by atoms with Crippen LogP contribution in [0.4, 0.5) is 11.4 Å². The Bertz CT molecular complexity index is 859. The minimum atomic E-state index is -3.46. The maximum Gasteiger partial charge on any atom is 0.229 e. The molecule has 1 aromatic rings. The van der Waals surface area contributed by atoms with Crippen molar-refractivity contribution in [2.24, 2.45) is 0 Å². The Balaban J connectivity index is 1.98. The van der Waals surface area contributed by atoms with E-state index in [1.54, 1.807) is 0 Å². The van der Waals surface area contributed by atoms with Crippen molar-refractivity contribution in [3.63, 3.8) is 0 Å². The number of carbonyl (C=O) groups excluding carboxylic acids is 1. The van der Waals surface area contributed by atoms with Gasteiger partial charge in [-0.25, -0.2) is 16.8 Å². The number of anilines is 2. The van der Waals surface area contributed by atoms with E-state index >= 15 is 0 Å². The fourth-order valence-electron chi connectivity index (χ4n) is 2.93. The molecule has 10 heteroatoms. The molecule has 1 fully saturated rings. The van der Waals surface area contributed by atoms with Crippen LogP contribution in [0.5, 0.6) is 5.75 Å². The summed E-state index contributed by atoms with van der Waals surface area (Å²) in [5.41, 5.74) is 0.640. The SMILES string of the molecule is COc1cc(NC(=O)CCS(=O)(=O)C2CCCC2)ccc1NS(C)(=O)=O. The lowest BCUT2D eigenvalue weighted by atomic mass is 10.2. The lowest BCUT2D eigenvalue weighted by Crippen LogP contribution is -2.24. The lowest BCUT2D eigenvalue weighted by Gasteiger charge is -2.13. The number of rotatable bonds is 8. The number of benzene rings is 1. The van der Waals surface area contributed by atoms with E-state index in [9.17, 15) is 21.6 Å². The monoisotopic (exact) mass is 404 g/mol. The van der Waals surface area contributed by atoms with Gasteiger partial charge in [-0.2, -0.15) is 0 Å². The first-order valence-corrected chi connectivity index (χ1v) is 11.9. The van der Waals surface area contributed by atoms with E-state index in [-0.39, 0.29) is 28.9 Å². The molecule has 0 aliphatic heterocycles. The van der Waals surface area contributed by atoms with Gasteiger partial charge in [0.25, 0.3) is 0 Å². The van der Waals surface area contributed by atoms with Crippen molar-refractivity contribution in [2.75, 3.05) is 29.2 Å². The minimum Gasteiger partial charge on any atom is -0.494 e. The van der Waals surface area contributed by atoms with E-state index in [0.717, 1.165) is 19.1 Å². The van der Waals surface area contributed by atoms with E-state index in [4.69, 9.17) is 4.74 Å². The molecule has 1 aliphatic rings. The maximum absolute atomic E-state index is 12.2. The summed E-state index contributed by atoms with van der Waals surface area (Å²) in [5.74, 6) is -0.349. The largest absolute Gasteiger partial charge is 0.494 e. The van der Waals surface area contributed by atoms with Gasteiger partial charge in [-0.15, -0.1) is 0 Å². The van der Waals surface area contributed by atoms with Gasteiger partial charge in [0, 0.05) is 18.2 Å². The number of amides is 1. The van der Waals surface area contributed by atoms with Crippen molar-refractivity contribution in [1.29, 1.82) is 0 Å². The molecule has 2 rings (SSSR count). The first-order valence-electron chi connectivity index (χ1n) is 8.28. The molecule has 0 heterocycles. The molecule has 0 unspecified atom stereocenters. The third kappa shape index (κ3) is 5.87. The zero-order valence-corrected chi connectivity index (χ0v) is 16.5. The van der Waals surface area contributed by atoms with Crippen molar-refractivity contribution in [3.8, 4) is 5.75 Å². The summed E-state index contributed by atoms with van der Waals surface area (Å²) in [6, 6.07) is 4.45. The molecule has 1 aromatic carbocycles. The zero-order valence-electron chi connectivity index (χ0n) is 14.8. The van der Waals surface area contributed by atoms with Gasteiger partial charge in [0.05, 0.1) is 30.1 Å². The highest BCUT2D eigenvalue weighted by Gasteiger charge is 2.28. The number of hydrogen-bond donors (Lipinski definition) is 2. The van der Waals surface area contributed by atoms with Gasteiger partial charge in [-0.1, -0.05) is 12.8 Å². The van der Waals surface area contributed by atoms with Crippen LogP contribution in [-0.4, -0.2) is 47.1 Å². The van der Waals surface area contributed by atoms with Gasteiger partial charge in [0.15, 0.2) is 9.84 Å². The molecule has 146 valence electrons. The van der Waals surface area contributed by atoms with Crippen molar-refractivity contribution in [1.82, 2.24) is 0 Å². The highest BCUT2D eigenvalue weighted by molar-refractivity contribution is 7.92. The third-order valence-corrected chi connectivity index (χ3v) is 7.06. The van der Waals surface area contributed by atoms with E-state index in [1.165, 1.54) is 25.3 Å². The van der Waals surface area contributed by atoms with Crippen molar-refractivity contribution in [2.45, 2.75) is 37.4 Å². The molecule has 2 N–H and O–H groups in total. The molecular weight excluding hydrogens is 380 g/mol. The lowest BCUT2D eigenvalue weighted by molar-refractivity contribution is -0.115. The number of methoxy groups -OCH3 is 1. The number of sulfonamides is 1. The number of nitrogens with one attached hydrogen (secondary N) is 2. The summed E-state index contributed by atoms with van der Waals surface area (Å²) >= 11 is 0. The van der Waals surface area contributed by atoms with Crippen LogP contribution >= 0.6 is 0 Å². The molecule has 0 radical (unpaired) electrons. The molecular formula is C16H24N2O6S2. The van der Waals surface area contributed by atoms with Crippen LogP contribution in [0, 0.1) is 0 Å². The van der Waals surface area contributed by atoms with Crippen LogP contribution in [0.15, 0.2) is 18.2 Å². The van der Waals surface area contributed by atoms with Crippen LogP contribution in [0.3, 0.4) is 0 Å². The Morgan fingerprint density at radius 1 is 1.19 bits per heavy atom. The standard InChI is InChI=1S/C16H24N2O6S2/c1-24-15-11-12(7-8-14(15)18-25(2,20)21)17-16(19)9-10-26(22,23)13-5-3-4-6-13/h7-8,11,13,18H,3-6,9-10H2,1-2H3,(H,17,19). The molecule has 0 atom stereocenters. The molecule has 0 saturated heterocycles. The second-order valence-electron chi connectivity index (χ2n) is 6.36. The van der Waals surface area contributed by atoms with Crippen LogP contribution in [0.25, 0.3) is 0 Å². The predicted molar refractivity (Wildman–Crippen MR) is 101 cm³/mol. The maximum atomic E-state index is 12.2. The van der Waals surface area contributed by atoms with E-state index < -0.39 is 25.8 Å². The Hall–Kier alpha value is -1.81. The van der Waals surface area contributed by atoms with Gasteiger partial charge in [-0.05, 0) is 25.0 Å². The normalized spacial score (nSPS) is 15.6. The van der Waals surface area contributed by atoms with Crippen molar-refractivity contribution in [3.05, 3.63) is 18.2 Å². The number of hydrogen-bond acceptors (Lipinski definition) is 6. The van der Waals surface area contributed by atoms with Crippen molar-refractivity contribution < 1.29 is 26.4 Å². The van der Waals surface area contributed by atoms with Crippen LogP contribution in [0.2, 0.25) is 0 Å². The fraction of sp³-hybridized carbons (Fsp3) is 0.562. The molecule has 1 saturated carbocycles. The van der Waals surface area contributed by atoms with Crippen LogP contribution in [-0.2, 0) is 24.7 Å². The smallest absolute Gasteiger partial charge is 0.229 e. The van der Waals surface area contributed by atoms with E-state index in [0.29, 0.717) is 18.5 Å². The summed E-state index contributed by atoms with van der Waals surface area (Å²) in [6.07, 6.45) is 4.09. The minimum absolute atomic E-state index is 0.121. The second-order valence-corrected chi connectivity index (χ2v) is 10.5. The number of ether oxygens (including phenoxy) is 1. The van der Waals surface area contributed by atoms with Gasteiger partial charge in [0.2, 0.25) is 15.9 Å². The Labute approximate surface area is 154 Å². The fourth-order valence-corrected chi connectivity index (χ4v) is 5.35. The molecule has 0 aromatic heterocycles. The Kier molecular flexibility index (Phi) is 6.51. The highest BCUT2D eigenvalue weighted by Crippen LogP contribution is 2.29. The molecule has 8 nitrogen and oxygen atoms in total. The second kappa shape index (κ2) is 8.26. The van der Waals surface area contributed by atoms with Crippen LogP contribution in [0.1, 0.15) is 32.1 Å². The van der Waals surface area contributed by atoms with E-state index in [2.05, 4.69) is 10.0 Å². The molecule has 0 spiro atoms. The first-order chi connectivity index (χ1) is 12.1. The molecule has 26 heavy (non-hydrogen) atoms. The van der Waals surface area contributed by atoms with E-state index in [1.807, 2.05) is 0 Å². The Morgan fingerprint density at radius 3 is 2.42 bits per heavy atom. The summed E-state index contributed by atoms with van der Waals surface area (Å²) in [5, 5.41) is 2.29. The van der Waals surface area contributed by atoms with Crippen molar-refractivity contribution >= 4 is 37.1 Å². The molecule has 0 bridgehead atoms. The van der Waals surface area contributed by atoms with Crippen LogP contribution < -0.4 is 14.8 Å². The van der Waals surface area contributed by atoms with Gasteiger partial charge in [0.1, 0.15) is 5.75 Å². The number of sulfone groups is 1. The highest BCUT2D eigenvalue weighted by atomic mass is 32.2. The quantitative estimate of drug-likeness (QED) is 0.681. The van der Waals surface area contributed by atoms with Gasteiger partial charge in [-0.3, -0.25) is 9.52 Å². The summed E-state index contributed by atoms with van der Waals surface area (Å²) in [7, 11) is -5.33. The third-order valence-electron chi connectivity index (χ3n) is 4.20. The zero-order chi connectivity index (χ0) is 19.4.